The highest BCUT2D eigenvalue weighted by Gasteiger charge is 2.44. The predicted molar refractivity (Wildman–Crippen MR) is 79.9 cm³/mol. The summed E-state index contributed by atoms with van der Waals surface area (Å²) in [5.74, 6) is -4.26. The molecule has 6 nitrogen and oxygen atoms in total. The molecule has 152 valence electrons. The van der Waals surface area contributed by atoms with Crippen LogP contribution in [0.3, 0.4) is 0 Å². The lowest BCUT2D eigenvalue weighted by Gasteiger charge is -2.28. The SMILES string of the molecule is CC/C(=C(/C)OC1NC1O)C(C)(C)c1nc(C(F)(F)F)nc(C(F)(F)F)n1. The van der Waals surface area contributed by atoms with Crippen molar-refractivity contribution in [2.24, 2.45) is 0 Å². The minimum Gasteiger partial charge on any atom is -0.476 e. The van der Waals surface area contributed by atoms with E-state index in [1.165, 1.54) is 20.8 Å². The zero-order valence-electron chi connectivity index (χ0n) is 14.8. The van der Waals surface area contributed by atoms with Gasteiger partial charge in [-0.2, -0.15) is 26.3 Å². The van der Waals surface area contributed by atoms with Crippen molar-refractivity contribution in [1.29, 1.82) is 0 Å². The molecule has 1 aromatic rings. The highest BCUT2D eigenvalue weighted by molar-refractivity contribution is 5.28. The largest absolute Gasteiger partial charge is 0.476 e. The molecule has 0 amide bonds. The van der Waals surface area contributed by atoms with Gasteiger partial charge in [0, 0.05) is 5.41 Å². The number of ether oxygens (including phenoxy) is 1. The molecule has 1 fully saturated rings. The summed E-state index contributed by atoms with van der Waals surface area (Å²) in [6, 6.07) is 0. The smallest absolute Gasteiger partial charge is 0.451 e. The highest BCUT2D eigenvalue weighted by atomic mass is 19.4. The number of halogens is 6. The molecule has 0 aliphatic carbocycles. The molecule has 0 saturated carbocycles. The fourth-order valence-corrected chi connectivity index (χ4v) is 2.65. The van der Waals surface area contributed by atoms with E-state index in [-0.39, 0.29) is 12.2 Å². The van der Waals surface area contributed by atoms with Gasteiger partial charge < -0.3 is 9.84 Å². The second-order valence-electron chi connectivity index (χ2n) is 6.46. The molecule has 0 bridgehead atoms. The van der Waals surface area contributed by atoms with Crippen molar-refractivity contribution < 1.29 is 36.2 Å². The van der Waals surface area contributed by atoms with Crippen LogP contribution in [0.1, 0.15) is 51.6 Å². The number of aromatic nitrogens is 3. The third-order valence-electron chi connectivity index (χ3n) is 4.05. The second kappa shape index (κ2) is 6.89. The fourth-order valence-electron chi connectivity index (χ4n) is 2.65. The third kappa shape index (κ3) is 4.67. The fraction of sp³-hybridized carbons (Fsp3) is 0.667. The van der Waals surface area contributed by atoms with Crippen LogP contribution in [0, 0.1) is 0 Å². The zero-order chi connectivity index (χ0) is 20.8. The van der Waals surface area contributed by atoms with Crippen LogP contribution in [-0.4, -0.2) is 32.5 Å². The van der Waals surface area contributed by atoms with Crippen LogP contribution >= 0.6 is 0 Å². The Morgan fingerprint density at radius 1 is 1.00 bits per heavy atom. The number of nitrogens with zero attached hydrogens (tertiary/aromatic N) is 3. The predicted octanol–water partition coefficient (Wildman–Crippen LogP) is 3.14. The molecule has 0 aromatic carbocycles. The molecule has 2 N–H and O–H groups in total. The van der Waals surface area contributed by atoms with Gasteiger partial charge >= 0.3 is 12.4 Å². The summed E-state index contributed by atoms with van der Waals surface area (Å²) in [6.07, 6.45) is -11.7. The van der Waals surface area contributed by atoms with E-state index in [9.17, 15) is 31.4 Å². The van der Waals surface area contributed by atoms with Gasteiger partial charge in [0.25, 0.3) is 0 Å². The Morgan fingerprint density at radius 3 is 1.74 bits per heavy atom. The van der Waals surface area contributed by atoms with E-state index >= 15 is 0 Å². The number of hydrogen-bond donors (Lipinski definition) is 2. The highest BCUT2D eigenvalue weighted by Crippen LogP contribution is 2.38. The number of aliphatic hydroxyl groups excluding tert-OH is 1. The molecule has 1 aliphatic rings. The lowest BCUT2D eigenvalue weighted by molar-refractivity contribution is -0.155. The van der Waals surface area contributed by atoms with E-state index in [0.717, 1.165) is 0 Å². The average Bonchev–Trinajstić information content (AvgIpc) is 3.20. The van der Waals surface area contributed by atoms with E-state index < -0.39 is 47.7 Å². The summed E-state index contributed by atoms with van der Waals surface area (Å²) < 4.78 is 83.4. The zero-order valence-corrected chi connectivity index (χ0v) is 14.8. The Bertz CT molecular complexity index is 713. The first-order valence-corrected chi connectivity index (χ1v) is 7.89. The Kier molecular flexibility index (Phi) is 5.45. The standard InChI is InChI=1S/C15H18F6N4O2/c1-5-7(6(2)27-9-8(26)22-9)13(3,4)10-23-11(14(16,17)18)25-12(24-10)15(19,20)21/h8-9,22,26H,5H2,1-4H3/b7-6+. The van der Waals surface area contributed by atoms with Crippen molar-refractivity contribution in [2.45, 2.75) is 64.3 Å². The van der Waals surface area contributed by atoms with Gasteiger partial charge in [-0.3, -0.25) is 0 Å². The van der Waals surface area contributed by atoms with Crippen molar-refractivity contribution in [1.82, 2.24) is 20.3 Å². The normalized spacial score (nSPS) is 21.7. The van der Waals surface area contributed by atoms with Gasteiger partial charge in [-0.15, -0.1) is 0 Å². The van der Waals surface area contributed by atoms with Crippen molar-refractivity contribution in [3.05, 3.63) is 28.8 Å². The number of hydrogen-bond acceptors (Lipinski definition) is 6. The molecule has 27 heavy (non-hydrogen) atoms. The lowest BCUT2D eigenvalue weighted by Crippen LogP contribution is -2.30. The summed E-state index contributed by atoms with van der Waals surface area (Å²) in [7, 11) is 0. The second-order valence-corrected chi connectivity index (χ2v) is 6.46. The summed E-state index contributed by atoms with van der Waals surface area (Å²) in [4.78, 5) is 9.02. The molecule has 0 spiro atoms. The van der Waals surface area contributed by atoms with Gasteiger partial charge in [-0.1, -0.05) is 6.92 Å². The average molecular weight is 400 g/mol. The Balaban J connectivity index is 2.57. The monoisotopic (exact) mass is 400 g/mol. The molecule has 1 aliphatic heterocycles. The molecule has 2 rings (SSSR count). The van der Waals surface area contributed by atoms with Gasteiger partial charge in [0.15, 0.2) is 12.5 Å². The summed E-state index contributed by atoms with van der Waals surface area (Å²) in [5, 5.41) is 11.8. The van der Waals surface area contributed by atoms with E-state index in [2.05, 4.69) is 20.3 Å². The lowest BCUT2D eigenvalue weighted by atomic mass is 9.81. The van der Waals surface area contributed by atoms with E-state index in [1.54, 1.807) is 6.92 Å². The first-order valence-electron chi connectivity index (χ1n) is 7.89. The number of rotatable bonds is 5. The first-order chi connectivity index (χ1) is 12.2. The molecule has 2 atom stereocenters. The van der Waals surface area contributed by atoms with Crippen molar-refractivity contribution in [3.63, 3.8) is 0 Å². The maximum absolute atomic E-state index is 13.0. The molecular weight excluding hydrogens is 382 g/mol. The number of alkyl halides is 6. The van der Waals surface area contributed by atoms with Crippen LogP contribution < -0.4 is 5.32 Å². The van der Waals surface area contributed by atoms with Crippen LogP contribution in [-0.2, 0) is 22.5 Å². The van der Waals surface area contributed by atoms with Crippen LogP contribution in [0.2, 0.25) is 0 Å². The molecule has 0 radical (unpaired) electrons. The minimum atomic E-state index is -5.17. The quantitative estimate of drug-likeness (QED) is 0.448. The molecule has 12 heteroatoms. The van der Waals surface area contributed by atoms with E-state index in [4.69, 9.17) is 4.74 Å². The third-order valence-corrected chi connectivity index (χ3v) is 4.05. The maximum Gasteiger partial charge on any atom is 0.451 e. The van der Waals surface area contributed by atoms with Crippen LogP contribution in [0.15, 0.2) is 11.3 Å². The minimum absolute atomic E-state index is 0.246. The number of aliphatic hydroxyl groups is 1. The Morgan fingerprint density at radius 2 is 1.41 bits per heavy atom. The van der Waals surface area contributed by atoms with Crippen molar-refractivity contribution in [2.75, 3.05) is 0 Å². The van der Waals surface area contributed by atoms with Gasteiger partial charge in [0.05, 0.1) is 5.76 Å². The van der Waals surface area contributed by atoms with E-state index in [0.29, 0.717) is 5.57 Å². The van der Waals surface area contributed by atoms with Crippen LogP contribution in [0.25, 0.3) is 0 Å². The first kappa shape index (κ1) is 21.4. The molecule has 1 aromatic heterocycles. The summed E-state index contributed by atoms with van der Waals surface area (Å²) in [6.45, 7) is 5.96. The van der Waals surface area contributed by atoms with Crippen LogP contribution in [0.4, 0.5) is 26.3 Å². The number of allylic oxidation sites excluding steroid dienone is 2. The Labute approximate surface area is 150 Å². The van der Waals surface area contributed by atoms with Gasteiger partial charge in [0.2, 0.25) is 11.6 Å². The van der Waals surface area contributed by atoms with Gasteiger partial charge in [-0.05, 0) is 32.8 Å². The molecule has 2 heterocycles. The van der Waals surface area contributed by atoms with Crippen molar-refractivity contribution >= 4 is 0 Å². The molecule has 2 unspecified atom stereocenters. The molecule has 1 saturated heterocycles. The van der Waals surface area contributed by atoms with Gasteiger partial charge in [0.1, 0.15) is 5.82 Å². The summed E-state index contributed by atoms with van der Waals surface area (Å²) >= 11 is 0. The van der Waals surface area contributed by atoms with E-state index in [1.807, 2.05) is 0 Å². The molecular formula is C15H18F6N4O2. The van der Waals surface area contributed by atoms with Crippen molar-refractivity contribution in [3.8, 4) is 0 Å². The topological polar surface area (TPSA) is 90.1 Å². The maximum atomic E-state index is 13.0. The summed E-state index contributed by atoms with van der Waals surface area (Å²) in [5.41, 5.74) is -1.03. The number of nitrogens with one attached hydrogen (secondary N) is 1. The Hall–Kier alpha value is -1.95. The van der Waals surface area contributed by atoms with Crippen LogP contribution in [0.5, 0.6) is 0 Å². The van der Waals surface area contributed by atoms with Gasteiger partial charge in [-0.25, -0.2) is 20.3 Å².